The zero-order valence-corrected chi connectivity index (χ0v) is 14.4. The second-order valence-electron chi connectivity index (χ2n) is 6.97. The molecule has 1 fully saturated rings. The number of nitrogens with one attached hydrogen (secondary N) is 1. The van der Waals surface area contributed by atoms with Crippen LogP contribution < -0.4 is 10.2 Å². The molecule has 4 rings (SSSR count). The van der Waals surface area contributed by atoms with Gasteiger partial charge in [0.05, 0.1) is 0 Å². The third-order valence-corrected chi connectivity index (χ3v) is 4.91. The standard InChI is InChI=1S/C20H24N4/c1-14-10-15(2)12-17(11-14)22-20-21-13-16-6-5-9-24(19(16)23-20)18-7-3-4-8-18/h5-6,10-13,18H,3-4,7-9H2,1-2H3,(H,21,22,23). The molecule has 0 amide bonds. The summed E-state index contributed by atoms with van der Waals surface area (Å²) in [5, 5.41) is 3.37. The molecule has 0 unspecified atom stereocenters. The van der Waals surface area contributed by atoms with E-state index in [4.69, 9.17) is 4.98 Å². The topological polar surface area (TPSA) is 41.1 Å². The molecule has 0 saturated heterocycles. The summed E-state index contributed by atoms with van der Waals surface area (Å²) in [7, 11) is 0. The SMILES string of the molecule is Cc1cc(C)cc(Nc2ncc3c(n2)N(C2CCCC2)CC=C3)c1. The zero-order valence-electron chi connectivity index (χ0n) is 14.4. The highest BCUT2D eigenvalue weighted by atomic mass is 15.3. The van der Waals surface area contributed by atoms with Crippen LogP contribution in [-0.2, 0) is 0 Å². The molecule has 2 heterocycles. The molecule has 2 aromatic rings. The highest BCUT2D eigenvalue weighted by Crippen LogP contribution is 2.32. The number of nitrogens with zero attached hydrogens (tertiary/aromatic N) is 3. The minimum atomic E-state index is 0.623. The second kappa shape index (κ2) is 6.27. The third kappa shape index (κ3) is 3.01. The summed E-state index contributed by atoms with van der Waals surface area (Å²) in [6, 6.07) is 7.05. The quantitative estimate of drug-likeness (QED) is 0.896. The van der Waals surface area contributed by atoms with Crippen LogP contribution >= 0.6 is 0 Å². The van der Waals surface area contributed by atoms with Crippen LogP contribution in [0.15, 0.2) is 30.5 Å². The molecule has 0 atom stereocenters. The summed E-state index contributed by atoms with van der Waals surface area (Å²) in [6.45, 7) is 5.18. The third-order valence-electron chi connectivity index (χ3n) is 4.91. The number of aryl methyl sites for hydroxylation is 2. The van der Waals surface area contributed by atoms with Crippen molar-refractivity contribution in [2.75, 3.05) is 16.8 Å². The fraction of sp³-hybridized carbons (Fsp3) is 0.400. The molecule has 0 spiro atoms. The van der Waals surface area contributed by atoms with Gasteiger partial charge in [-0.2, -0.15) is 4.98 Å². The van der Waals surface area contributed by atoms with Crippen LogP contribution in [0.3, 0.4) is 0 Å². The molecule has 124 valence electrons. The van der Waals surface area contributed by atoms with Crippen LogP contribution in [-0.4, -0.2) is 22.6 Å². The number of anilines is 3. The molecular weight excluding hydrogens is 296 g/mol. The highest BCUT2D eigenvalue weighted by molar-refractivity contribution is 5.69. The van der Waals surface area contributed by atoms with Gasteiger partial charge in [-0.05, 0) is 49.9 Å². The van der Waals surface area contributed by atoms with Crippen LogP contribution in [0.2, 0.25) is 0 Å². The molecule has 1 aromatic carbocycles. The first kappa shape index (κ1) is 15.2. The van der Waals surface area contributed by atoms with Crippen molar-refractivity contribution in [1.82, 2.24) is 9.97 Å². The Kier molecular flexibility index (Phi) is 3.97. The number of aromatic nitrogens is 2. The van der Waals surface area contributed by atoms with Gasteiger partial charge < -0.3 is 10.2 Å². The van der Waals surface area contributed by atoms with E-state index < -0.39 is 0 Å². The molecule has 4 nitrogen and oxygen atoms in total. The van der Waals surface area contributed by atoms with Crippen molar-refractivity contribution in [3.63, 3.8) is 0 Å². The van der Waals surface area contributed by atoms with E-state index in [1.807, 2.05) is 6.20 Å². The molecule has 1 aliphatic heterocycles. The first-order valence-corrected chi connectivity index (χ1v) is 8.84. The van der Waals surface area contributed by atoms with E-state index in [1.165, 1.54) is 36.8 Å². The maximum Gasteiger partial charge on any atom is 0.229 e. The fourth-order valence-electron chi connectivity index (χ4n) is 3.88. The van der Waals surface area contributed by atoms with E-state index in [0.29, 0.717) is 12.0 Å². The van der Waals surface area contributed by atoms with Crippen LogP contribution in [0.25, 0.3) is 6.08 Å². The minimum absolute atomic E-state index is 0.623. The van der Waals surface area contributed by atoms with Gasteiger partial charge in [-0.3, -0.25) is 0 Å². The van der Waals surface area contributed by atoms with Gasteiger partial charge in [0, 0.05) is 30.0 Å². The average Bonchev–Trinajstić information content (AvgIpc) is 3.07. The summed E-state index contributed by atoms with van der Waals surface area (Å²) in [5.74, 6) is 1.75. The number of fused-ring (bicyclic) bond motifs is 1. The van der Waals surface area contributed by atoms with Gasteiger partial charge >= 0.3 is 0 Å². The number of hydrogen-bond acceptors (Lipinski definition) is 4. The Morgan fingerprint density at radius 1 is 1.08 bits per heavy atom. The van der Waals surface area contributed by atoms with Crippen molar-refractivity contribution in [1.29, 1.82) is 0 Å². The number of benzene rings is 1. The predicted octanol–water partition coefficient (Wildman–Crippen LogP) is 4.61. The van der Waals surface area contributed by atoms with Gasteiger partial charge in [-0.25, -0.2) is 4.98 Å². The lowest BCUT2D eigenvalue weighted by Crippen LogP contribution is -2.36. The predicted molar refractivity (Wildman–Crippen MR) is 99.9 cm³/mol. The summed E-state index contributed by atoms with van der Waals surface area (Å²) in [6.07, 6.45) is 11.5. The van der Waals surface area contributed by atoms with Crippen molar-refractivity contribution in [3.8, 4) is 0 Å². The summed E-state index contributed by atoms with van der Waals surface area (Å²) < 4.78 is 0. The van der Waals surface area contributed by atoms with Crippen LogP contribution in [0, 0.1) is 13.8 Å². The van der Waals surface area contributed by atoms with E-state index >= 15 is 0 Å². The maximum absolute atomic E-state index is 4.85. The Bertz CT molecular complexity index is 755. The van der Waals surface area contributed by atoms with Crippen molar-refractivity contribution in [3.05, 3.63) is 47.2 Å². The Morgan fingerprint density at radius 2 is 1.83 bits per heavy atom. The lowest BCUT2D eigenvalue weighted by molar-refractivity contribution is 0.622. The summed E-state index contributed by atoms with van der Waals surface area (Å²) in [4.78, 5) is 11.8. The van der Waals surface area contributed by atoms with Gasteiger partial charge in [0.2, 0.25) is 5.95 Å². The monoisotopic (exact) mass is 320 g/mol. The Hall–Kier alpha value is -2.36. The fourth-order valence-corrected chi connectivity index (χ4v) is 3.88. The largest absolute Gasteiger partial charge is 0.349 e. The van der Waals surface area contributed by atoms with E-state index in [0.717, 1.165) is 23.6 Å². The van der Waals surface area contributed by atoms with Crippen molar-refractivity contribution >= 4 is 23.5 Å². The Balaban J connectivity index is 1.64. The minimum Gasteiger partial charge on any atom is -0.349 e. The Labute approximate surface area is 143 Å². The lowest BCUT2D eigenvalue weighted by atomic mass is 10.1. The van der Waals surface area contributed by atoms with Gasteiger partial charge in [0.1, 0.15) is 5.82 Å². The molecule has 24 heavy (non-hydrogen) atoms. The Morgan fingerprint density at radius 3 is 2.58 bits per heavy atom. The normalized spacial score (nSPS) is 17.2. The first-order valence-electron chi connectivity index (χ1n) is 8.84. The molecule has 1 aliphatic carbocycles. The van der Waals surface area contributed by atoms with Crippen LogP contribution in [0.5, 0.6) is 0 Å². The number of hydrogen-bond donors (Lipinski definition) is 1. The van der Waals surface area contributed by atoms with Crippen molar-refractivity contribution < 1.29 is 0 Å². The van der Waals surface area contributed by atoms with E-state index in [9.17, 15) is 0 Å². The van der Waals surface area contributed by atoms with Gasteiger partial charge in [0.25, 0.3) is 0 Å². The number of rotatable bonds is 3. The molecule has 2 aliphatic rings. The van der Waals surface area contributed by atoms with Crippen LogP contribution in [0.1, 0.15) is 42.4 Å². The maximum atomic E-state index is 4.85. The zero-order chi connectivity index (χ0) is 16.5. The van der Waals surface area contributed by atoms with Crippen molar-refractivity contribution in [2.24, 2.45) is 0 Å². The summed E-state index contributed by atoms with van der Waals surface area (Å²) >= 11 is 0. The van der Waals surface area contributed by atoms with Gasteiger partial charge in [-0.1, -0.05) is 31.1 Å². The van der Waals surface area contributed by atoms with Crippen LogP contribution in [0.4, 0.5) is 17.5 Å². The van der Waals surface area contributed by atoms with Crippen molar-refractivity contribution in [2.45, 2.75) is 45.6 Å². The molecule has 0 bridgehead atoms. The molecular formula is C20H24N4. The van der Waals surface area contributed by atoms with E-state index in [1.54, 1.807) is 0 Å². The highest BCUT2D eigenvalue weighted by Gasteiger charge is 2.26. The molecule has 0 radical (unpaired) electrons. The molecule has 1 aromatic heterocycles. The molecule has 4 heteroatoms. The van der Waals surface area contributed by atoms with E-state index in [-0.39, 0.29) is 0 Å². The molecule has 1 N–H and O–H groups in total. The van der Waals surface area contributed by atoms with Gasteiger partial charge in [-0.15, -0.1) is 0 Å². The van der Waals surface area contributed by atoms with E-state index in [2.05, 4.69) is 59.4 Å². The molecule has 1 saturated carbocycles. The smallest absolute Gasteiger partial charge is 0.229 e. The summed E-state index contributed by atoms with van der Waals surface area (Å²) in [5.41, 5.74) is 4.65. The second-order valence-corrected chi connectivity index (χ2v) is 6.97. The first-order chi connectivity index (χ1) is 11.7. The average molecular weight is 320 g/mol. The lowest BCUT2D eigenvalue weighted by Gasteiger charge is -2.32. The van der Waals surface area contributed by atoms with Gasteiger partial charge in [0.15, 0.2) is 0 Å².